The number of ketones is 1. The van der Waals surface area contributed by atoms with Gasteiger partial charge in [0.15, 0.2) is 0 Å². The fourth-order valence-corrected chi connectivity index (χ4v) is 8.61. The van der Waals surface area contributed by atoms with Crippen LogP contribution in [0.3, 0.4) is 0 Å². The molecule has 0 spiro atoms. The number of carbonyl (C=O) groups is 6. The van der Waals surface area contributed by atoms with Crippen LogP contribution in [0.25, 0.3) is 0 Å². The van der Waals surface area contributed by atoms with Crippen molar-refractivity contribution in [2.24, 2.45) is 17.3 Å². The van der Waals surface area contributed by atoms with Crippen molar-refractivity contribution in [3.8, 4) is 0 Å². The number of rotatable bonds is 14. The lowest BCUT2D eigenvalue weighted by Crippen LogP contribution is -2.63. The topological polar surface area (TPSA) is 180 Å². The Hall–Kier alpha value is -4.68. The van der Waals surface area contributed by atoms with Gasteiger partial charge in [0.1, 0.15) is 23.8 Å². The third kappa shape index (κ3) is 10.3. The SMILES string of the molecule is CCCC(NC(=O)[C@H]1CC2CCCCC2N1C(=O)[C@@H](NC(=O)[C@@H](NC(=O)c1cnccn1)C1CCCCC1)C(C)(C)C)C(=O)C(=O)N[C@@H](C)c1ccccc1. The van der Waals surface area contributed by atoms with E-state index in [1.54, 1.807) is 11.8 Å². The largest absolute Gasteiger partial charge is 0.344 e. The van der Waals surface area contributed by atoms with Crippen LogP contribution in [0.4, 0.5) is 0 Å². The Balaban J connectivity index is 1.36. The second-order valence-electron chi connectivity index (χ2n) is 16.7. The van der Waals surface area contributed by atoms with Crippen LogP contribution in [-0.4, -0.2) is 80.4 Å². The van der Waals surface area contributed by atoms with Crippen molar-refractivity contribution in [2.45, 2.75) is 148 Å². The molecule has 3 unspecified atom stereocenters. The molecule has 0 radical (unpaired) electrons. The molecule has 5 amide bonds. The summed E-state index contributed by atoms with van der Waals surface area (Å²) in [7, 11) is 0. The fraction of sp³-hybridized carbons (Fsp3) is 0.619. The van der Waals surface area contributed by atoms with Gasteiger partial charge in [-0.3, -0.25) is 33.8 Å². The minimum atomic E-state index is -1.06. The number of Topliss-reactive ketones (excluding diaryl/α,β-unsaturated/α-hetero) is 1. The summed E-state index contributed by atoms with van der Waals surface area (Å²) >= 11 is 0. The third-order valence-corrected chi connectivity index (χ3v) is 11.6. The van der Waals surface area contributed by atoms with Gasteiger partial charge >= 0.3 is 0 Å². The molecular formula is C42H59N7O6. The number of nitrogens with zero attached hydrogens (tertiary/aromatic N) is 3. The van der Waals surface area contributed by atoms with E-state index in [2.05, 4.69) is 31.2 Å². The Kier molecular flexibility index (Phi) is 14.2. The molecule has 2 saturated carbocycles. The van der Waals surface area contributed by atoms with Crippen LogP contribution in [0.1, 0.15) is 134 Å². The highest BCUT2D eigenvalue weighted by Gasteiger charge is 2.51. The number of benzene rings is 1. The number of nitrogens with one attached hydrogen (secondary N) is 4. The summed E-state index contributed by atoms with van der Waals surface area (Å²) in [5.74, 6) is -3.37. The van der Waals surface area contributed by atoms with E-state index < -0.39 is 65.0 Å². The first-order valence-electron chi connectivity index (χ1n) is 20.2. The molecule has 4 N–H and O–H groups in total. The van der Waals surface area contributed by atoms with Gasteiger partial charge in [0.05, 0.1) is 18.3 Å². The smallest absolute Gasteiger partial charge is 0.290 e. The van der Waals surface area contributed by atoms with E-state index in [0.717, 1.165) is 63.4 Å². The molecule has 7 atom stereocenters. The summed E-state index contributed by atoms with van der Waals surface area (Å²) in [4.78, 5) is 93.3. The number of likely N-dealkylation sites (tertiary alicyclic amines) is 1. The fourth-order valence-electron chi connectivity index (χ4n) is 8.61. The van der Waals surface area contributed by atoms with Gasteiger partial charge in [0.2, 0.25) is 23.5 Å². The molecule has 2 aliphatic carbocycles. The minimum absolute atomic E-state index is 0.0846. The third-order valence-electron chi connectivity index (χ3n) is 11.6. The lowest BCUT2D eigenvalue weighted by atomic mass is 9.81. The number of carbonyl (C=O) groups excluding carboxylic acids is 6. The van der Waals surface area contributed by atoms with Gasteiger partial charge in [-0.1, -0.05) is 96.6 Å². The predicted octanol–water partition coefficient (Wildman–Crippen LogP) is 4.58. The maximum absolute atomic E-state index is 14.9. The maximum atomic E-state index is 14.9. The second-order valence-corrected chi connectivity index (χ2v) is 16.7. The van der Waals surface area contributed by atoms with Crippen molar-refractivity contribution >= 4 is 35.3 Å². The number of amides is 5. The Morgan fingerprint density at radius 2 is 1.55 bits per heavy atom. The van der Waals surface area contributed by atoms with E-state index in [1.807, 2.05) is 58.0 Å². The van der Waals surface area contributed by atoms with Crippen LogP contribution in [0.5, 0.6) is 0 Å². The van der Waals surface area contributed by atoms with Crippen molar-refractivity contribution in [1.82, 2.24) is 36.1 Å². The van der Waals surface area contributed by atoms with E-state index in [-0.39, 0.29) is 35.9 Å². The van der Waals surface area contributed by atoms with Crippen LogP contribution >= 0.6 is 0 Å². The average Bonchev–Trinajstić information content (AvgIpc) is 3.58. The molecule has 2 heterocycles. The molecule has 1 aromatic carbocycles. The standard InChI is InChI=1S/C42H59N7O6/c1-6-15-30(35(50)40(54)45-26(2)27-16-9-7-10-17-27)46-38(52)33-24-29-20-13-14-21-32(29)49(33)41(55)36(42(3,4)5)48-39(53)34(28-18-11-8-12-19-28)47-37(51)31-25-43-22-23-44-31/h7,9-10,16-17,22-23,25-26,28-30,32-34,36H,6,8,11-15,18-21,24H2,1-5H3,(H,45,54)(H,46,52)(H,47,51)(H,48,53)/t26-,29?,30?,32?,33+,34-,36+/m0/s1. The summed E-state index contributed by atoms with van der Waals surface area (Å²) < 4.78 is 0. The van der Waals surface area contributed by atoms with Crippen molar-refractivity contribution in [3.05, 3.63) is 60.2 Å². The molecule has 13 heteroatoms. The molecule has 3 aliphatic rings. The summed E-state index contributed by atoms with van der Waals surface area (Å²) in [5, 5.41) is 11.6. The quantitative estimate of drug-likeness (QED) is 0.202. The van der Waals surface area contributed by atoms with E-state index in [1.165, 1.54) is 18.6 Å². The van der Waals surface area contributed by atoms with Crippen LogP contribution < -0.4 is 21.3 Å². The van der Waals surface area contributed by atoms with Crippen LogP contribution in [0, 0.1) is 17.3 Å². The number of aromatic nitrogens is 2. The highest BCUT2D eigenvalue weighted by molar-refractivity contribution is 6.38. The minimum Gasteiger partial charge on any atom is -0.344 e. The highest BCUT2D eigenvalue weighted by atomic mass is 16.2. The molecule has 3 fully saturated rings. The summed E-state index contributed by atoms with van der Waals surface area (Å²) in [6, 6.07) is 4.83. The summed E-state index contributed by atoms with van der Waals surface area (Å²) in [6.45, 7) is 9.30. The first-order chi connectivity index (χ1) is 26.3. The number of hydrogen-bond acceptors (Lipinski definition) is 8. The molecule has 13 nitrogen and oxygen atoms in total. The monoisotopic (exact) mass is 757 g/mol. The van der Waals surface area contributed by atoms with Gasteiger partial charge in [-0.2, -0.15) is 0 Å². The molecule has 1 aliphatic heterocycles. The van der Waals surface area contributed by atoms with Gasteiger partial charge in [-0.05, 0) is 68.3 Å². The molecular weight excluding hydrogens is 699 g/mol. The zero-order chi connectivity index (χ0) is 39.7. The van der Waals surface area contributed by atoms with Crippen LogP contribution in [0.2, 0.25) is 0 Å². The molecule has 5 rings (SSSR count). The van der Waals surface area contributed by atoms with Crippen molar-refractivity contribution < 1.29 is 28.8 Å². The zero-order valence-corrected chi connectivity index (χ0v) is 33.0. The second kappa shape index (κ2) is 18.8. The van der Waals surface area contributed by atoms with Crippen LogP contribution in [0.15, 0.2) is 48.9 Å². The van der Waals surface area contributed by atoms with E-state index in [4.69, 9.17) is 0 Å². The normalized spacial score (nSPS) is 22.3. The molecule has 2 aromatic rings. The highest BCUT2D eigenvalue weighted by Crippen LogP contribution is 2.41. The Morgan fingerprint density at radius 3 is 2.20 bits per heavy atom. The zero-order valence-electron chi connectivity index (χ0n) is 33.0. The first kappa shape index (κ1) is 41.5. The van der Waals surface area contributed by atoms with Crippen molar-refractivity contribution in [3.63, 3.8) is 0 Å². The molecule has 1 aromatic heterocycles. The van der Waals surface area contributed by atoms with Gasteiger partial charge in [0, 0.05) is 18.4 Å². The average molecular weight is 758 g/mol. The molecule has 55 heavy (non-hydrogen) atoms. The van der Waals surface area contributed by atoms with E-state index >= 15 is 0 Å². The molecule has 1 saturated heterocycles. The predicted molar refractivity (Wildman–Crippen MR) is 207 cm³/mol. The number of hydrogen-bond donors (Lipinski definition) is 4. The van der Waals surface area contributed by atoms with Gasteiger partial charge < -0.3 is 26.2 Å². The van der Waals surface area contributed by atoms with Gasteiger partial charge in [-0.15, -0.1) is 0 Å². The molecule has 0 bridgehead atoms. The van der Waals surface area contributed by atoms with Gasteiger partial charge in [-0.25, -0.2) is 4.98 Å². The van der Waals surface area contributed by atoms with Gasteiger partial charge in [0.25, 0.3) is 11.8 Å². The van der Waals surface area contributed by atoms with E-state index in [0.29, 0.717) is 12.8 Å². The van der Waals surface area contributed by atoms with Crippen molar-refractivity contribution in [1.29, 1.82) is 0 Å². The number of fused-ring (bicyclic) bond motifs is 1. The summed E-state index contributed by atoms with van der Waals surface area (Å²) in [6.07, 6.45) is 13.4. The summed E-state index contributed by atoms with van der Waals surface area (Å²) in [5.41, 5.74) is 0.179. The lowest BCUT2D eigenvalue weighted by molar-refractivity contribution is -0.147. The van der Waals surface area contributed by atoms with E-state index in [9.17, 15) is 28.8 Å². The lowest BCUT2D eigenvalue weighted by Gasteiger charge is -2.40. The first-order valence-corrected chi connectivity index (χ1v) is 20.2. The Morgan fingerprint density at radius 1 is 0.855 bits per heavy atom. The Bertz CT molecular complexity index is 1660. The maximum Gasteiger partial charge on any atom is 0.290 e. The van der Waals surface area contributed by atoms with Crippen molar-refractivity contribution in [2.75, 3.05) is 0 Å². The Labute approximate surface area is 325 Å². The van der Waals surface area contributed by atoms with Crippen LogP contribution in [-0.2, 0) is 24.0 Å². The molecule has 298 valence electrons.